The molecule has 6 nitrogen and oxygen atoms in total. The van der Waals surface area contributed by atoms with Gasteiger partial charge in [0, 0.05) is 5.02 Å². The van der Waals surface area contributed by atoms with Crippen molar-refractivity contribution in [1.82, 2.24) is 5.43 Å². The molecule has 0 spiro atoms. The number of carbonyl (C=O) groups is 1. The van der Waals surface area contributed by atoms with Gasteiger partial charge in [-0.2, -0.15) is 5.10 Å². The van der Waals surface area contributed by atoms with Crippen molar-refractivity contribution in [3.8, 4) is 17.2 Å². The van der Waals surface area contributed by atoms with Crippen molar-refractivity contribution in [3.05, 3.63) is 51.5 Å². The third-order valence-electron chi connectivity index (χ3n) is 3.13. The summed E-state index contributed by atoms with van der Waals surface area (Å²) < 4.78 is 16.9. The Hall–Kier alpha value is -2.25. The van der Waals surface area contributed by atoms with Gasteiger partial charge in [-0.15, -0.1) is 0 Å². The highest BCUT2D eigenvalue weighted by atomic mass is 79.9. The zero-order valence-corrected chi connectivity index (χ0v) is 16.6. The Kier molecular flexibility index (Phi) is 7.74. The fourth-order valence-corrected chi connectivity index (χ4v) is 2.69. The average Bonchev–Trinajstić information content (AvgIpc) is 2.63. The highest BCUT2D eigenvalue weighted by molar-refractivity contribution is 9.10. The third kappa shape index (κ3) is 5.93. The number of hydrazone groups is 1. The molecule has 0 aliphatic carbocycles. The first-order valence-electron chi connectivity index (χ1n) is 7.74. The summed E-state index contributed by atoms with van der Waals surface area (Å²) in [5, 5.41) is 4.52. The number of methoxy groups -OCH3 is 1. The number of hydrogen-bond acceptors (Lipinski definition) is 5. The van der Waals surface area contributed by atoms with Crippen LogP contribution < -0.4 is 19.6 Å². The van der Waals surface area contributed by atoms with E-state index in [-0.39, 0.29) is 12.5 Å². The van der Waals surface area contributed by atoms with Crippen LogP contribution in [0.2, 0.25) is 5.02 Å². The molecule has 1 N–H and O–H groups in total. The Balaban J connectivity index is 1.91. The SMILES string of the molecule is CCOc1c(Br)cc(C=NNC(=O)COc2ccc(Cl)cc2)cc1OC. The van der Waals surface area contributed by atoms with Gasteiger partial charge in [0.15, 0.2) is 18.1 Å². The number of ether oxygens (including phenoxy) is 3. The highest BCUT2D eigenvalue weighted by Gasteiger charge is 2.10. The monoisotopic (exact) mass is 440 g/mol. The average molecular weight is 442 g/mol. The van der Waals surface area contributed by atoms with Crippen LogP contribution >= 0.6 is 27.5 Å². The van der Waals surface area contributed by atoms with Crippen LogP contribution in [0.4, 0.5) is 0 Å². The van der Waals surface area contributed by atoms with Gasteiger partial charge in [-0.1, -0.05) is 11.6 Å². The van der Waals surface area contributed by atoms with Crippen molar-refractivity contribution in [1.29, 1.82) is 0 Å². The van der Waals surface area contributed by atoms with E-state index in [0.29, 0.717) is 28.9 Å². The van der Waals surface area contributed by atoms with Crippen LogP contribution in [-0.4, -0.2) is 32.4 Å². The van der Waals surface area contributed by atoms with Crippen molar-refractivity contribution < 1.29 is 19.0 Å². The first-order valence-corrected chi connectivity index (χ1v) is 8.91. The minimum Gasteiger partial charge on any atom is -0.493 e. The Bertz CT molecular complexity index is 782. The molecule has 0 aromatic heterocycles. The summed E-state index contributed by atoms with van der Waals surface area (Å²) >= 11 is 9.22. The molecule has 0 bridgehead atoms. The first kappa shape index (κ1) is 20.1. The van der Waals surface area contributed by atoms with E-state index in [2.05, 4.69) is 26.5 Å². The number of carbonyl (C=O) groups excluding carboxylic acids is 1. The molecule has 2 aromatic carbocycles. The van der Waals surface area contributed by atoms with Gasteiger partial charge in [-0.05, 0) is 64.8 Å². The predicted octanol–water partition coefficient (Wildman–Crippen LogP) is 4.04. The molecule has 0 atom stereocenters. The fraction of sp³-hybridized carbons (Fsp3) is 0.222. The van der Waals surface area contributed by atoms with Crippen LogP contribution in [0.1, 0.15) is 12.5 Å². The largest absolute Gasteiger partial charge is 0.493 e. The minimum absolute atomic E-state index is 0.157. The van der Waals surface area contributed by atoms with E-state index >= 15 is 0 Å². The number of rotatable bonds is 8. The molecule has 26 heavy (non-hydrogen) atoms. The molecule has 0 aliphatic heterocycles. The number of halogens is 2. The van der Waals surface area contributed by atoms with E-state index in [0.717, 1.165) is 10.0 Å². The molecular weight excluding hydrogens is 424 g/mol. The molecule has 0 radical (unpaired) electrons. The van der Waals surface area contributed by atoms with E-state index in [1.165, 1.54) is 6.21 Å². The van der Waals surface area contributed by atoms with Crippen LogP contribution in [-0.2, 0) is 4.79 Å². The molecule has 1 amide bonds. The Morgan fingerprint density at radius 1 is 1.27 bits per heavy atom. The van der Waals surface area contributed by atoms with Crippen molar-refractivity contribution in [2.75, 3.05) is 20.3 Å². The lowest BCUT2D eigenvalue weighted by Crippen LogP contribution is -2.24. The summed E-state index contributed by atoms with van der Waals surface area (Å²) in [6.07, 6.45) is 1.50. The third-order valence-corrected chi connectivity index (χ3v) is 3.97. The molecule has 0 saturated heterocycles. The first-order chi connectivity index (χ1) is 12.5. The number of nitrogens with zero attached hydrogens (tertiary/aromatic N) is 1. The van der Waals surface area contributed by atoms with Gasteiger partial charge in [0.25, 0.3) is 5.91 Å². The number of benzene rings is 2. The van der Waals surface area contributed by atoms with E-state index in [4.69, 9.17) is 25.8 Å². The van der Waals surface area contributed by atoms with Gasteiger partial charge in [0.05, 0.1) is 24.4 Å². The Labute approximate surface area is 165 Å². The molecule has 0 aliphatic rings. The second-order valence-electron chi connectivity index (χ2n) is 5.00. The van der Waals surface area contributed by atoms with Gasteiger partial charge in [-0.3, -0.25) is 4.79 Å². The maximum Gasteiger partial charge on any atom is 0.277 e. The van der Waals surface area contributed by atoms with Gasteiger partial charge < -0.3 is 14.2 Å². The van der Waals surface area contributed by atoms with Crippen LogP contribution in [0, 0.1) is 0 Å². The van der Waals surface area contributed by atoms with E-state index in [9.17, 15) is 4.79 Å². The van der Waals surface area contributed by atoms with E-state index < -0.39 is 0 Å². The predicted molar refractivity (Wildman–Crippen MR) is 105 cm³/mol. The smallest absolute Gasteiger partial charge is 0.277 e. The summed E-state index contributed by atoms with van der Waals surface area (Å²) in [6, 6.07) is 10.3. The second kappa shape index (κ2) is 10.0. The number of nitrogens with one attached hydrogen (secondary N) is 1. The maximum absolute atomic E-state index is 11.8. The van der Waals surface area contributed by atoms with Crippen LogP contribution in [0.15, 0.2) is 46.0 Å². The van der Waals surface area contributed by atoms with Gasteiger partial charge in [-0.25, -0.2) is 5.43 Å². The topological polar surface area (TPSA) is 69.2 Å². The Morgan fingerprint density at radius 2 is 2.00 bits per heavy atom. The second-order valence-corrected chi connectivity index (χ2v) is 6.29. The summed E-state index contributed by atoms with van der Waals surface area (Å²) in [6.45, 7) is 2.25. The standard InChI is InChI=1S/C18H18BrClN2O4/c1-3-25-18-15(19)8-12(9-16(18)24-2)10-21-22-17(23)11-26-14-6-4-13(20)5-7-14/h4-10H,3,11H2,1-2H3,(H,22,23). The number of amides is 1. The van der Waals surface area contributed by atoms with Gasteiger partial charge in [0.2, 0.25) is 0 Å². The molecule has 2 rings (SSSR count). The summed E-state index contributed by atoms with van der Waals surface area (Å²) in [5.74, 6) is 1.36. The molecule has 0 fully saturated rings. The zero-order chi connectivity index (χ0) is 18.9. The highest BCUT2D eigenvalue weighted by Crippen LogP contribution is 2.36. The molecular formula is C18H18BrClN2O4. The van der Waals surface area contributed by atoms with Crippen molar-refractivity contribution in [2.24, 2.45) is 5.10 Å². The maximum atomic E-state index is 11.8. The van der Waals surface area contributed by atoms with Gasteiger partial charge >= 0.3 is 0 Å². The Morgan fingerprint density at radius 3 is 2.65 bits per heavy atom. The molecule has 0 saturated carbocycles. The lowest BCUT2D eigenvalue weighted by atomic mass is 10.2. The van der Waals surface area contributed by atoms with Crippen molar-refractivity contribution in [3.63, 3.8) is 0 Å². The summed E-state index contributed by atoms with van der Waals surface area (Å²) in [4.78, 5) is 11.8. The van der Waals surface area contributed by atoms with Crippen LogP contribution in [0.3, 0.4) is 0 Å². The van der Waals surface area contributed by atoms with Crippen LogP contribution in [0.25, 0.3) is 0 Å². The minimum atomic E-state index is -0.381. The lowest BCUT2D eigenvalue weighted by molar-refractivity contribution is -0.123. The van der Waals surface area contributed by atoms with Crippen molar-refractivity contribution in [2.45, 2.75) is 6.92 Å². The zero-order valence-electron chi connectivity index (χ0n) is 14.3. The van der Waals surface area contributed by atoms with E-state index in [1.54, 1.807) is 37.4 Å². The molecule has 2 aromatic rings. The normalized spacial score (nSPS) is 10.6. The molecule has 8 heteroatoms. The molecule has 0 heterocycles. The molecule has 138 valence electrons. The fourth-order valence-electron chi connectivity index (χ4n) is 1.99. The summed E-state index contributed by atoms with van der Waals surface area (Å²) in [5.41, 5.74) is 3.13. The van der Waals surface area contributed by atoms with Crippen molar-refractivity contribution >= 4 is 39.7 Å². The quantitative estimate of drug-likeness (QED) is 0.496. The molecule has 0 unspecified atom stereocenters. The van der Waals surface area contributed by atoms with Crippen LogP contribution in [0.5, 0.6) is 17.2 Å². The number of hydrogen-bond donors (Lipinski definition) is 1. The lowest BCUT2D eigenvalue weighted by Gasteiger charge is -2.12. The van der Waals surface area contributed by atoms with E-state index in [1.807, 2.05) is 13.0 Å². The van der Waals surface area contributed by atoms with Gasteiger partial charge in [0.1, 0.15) is 5.75 Å². The summed E-state index contributed by atoms with van der Waals surface area (Å²) in [7, 11) is 1.56.